The van der Waals surface area contributed by atoms with Crippen molar-refractivity contribution in [2.24, 2.45) is 12.5 Å². The van der Waals surface area contributed by atoms with Crippen molar-refractivity contribution in [1.29, 1.82) is 0 Å². The van der Waals surface area contributed by atoms with Gasteiger partial charge in [-0.25, -0.2) is 0 Å². The van der Waals surface area contributed by atoms with Gasteiger partial charge in [0.15, 0.2) is 0 Å². The highest BCUT2D eigenvalue weighted by Gasteiger charge is 2.57. The lowest BCUT2D eigenvalue weighted by Crippen LogP contribution is -2.50. The van der Waals surface area contributed by atoms with Gasteiger partial charge in [-0.1, -0.05) is 19.8 Å². The largest absolute Gasteiger partial charge is 0.390 e. The van der Waals surface area contributed by atoms with Crippen molar-refractivity contribution >= 4 is 5.91 Å². The highest BCUT2D eigenvalue weighted by atomic mass is 16.3. The first kappa shape index (κ1) is 18.4. The Morgan fingerprint density at radius 2 is 2.12 bits per heavy atom. The summed E-state index contributed by atoms with van der Waals surface area (Å²) in [5.41, 5.74) is -0.150. The van der Waals surface area contributed by atoms with Crippen LogP contribution >= 0.6 is 0 Å². The number of aryl methyl sites for hydroxylation is 1. The highest BCUT2D eigenvalue weighted by Crippen LogP contribution is 2.52. The second kappa shape index (κ2) is 6.40. The fourth-order valence-corrected chi connectivity index (χ4v) is 5.01. The van der Waals surface area contributed by atoms with Crippen LogP contribution in [0.5, 0.6) is 0 Å². The Hall–Kier alpha value is -1.40. The van der Waals surface area contributed by atoms with Crippen LogP contribution in [0.3, 0.4) is 0 Å². The van der Waals surface area contributed by atoms with Crippen molar-refractivity contribution in [3.8, 4) is 0 Å². The van der Waals surface area contributed by atoms with Gasteiger partial charge in [0.1, 0.15) is 0 Å². The number of aliphatic hydroxyl groups is 1. The third kappa shape index (κ3) is 3.10. The Morgan fingerprint density at radius 1 is 1.40 bits per heavy atom. The van der Waals surface area contributed by atoms with E-state index in [1.54, 1.807) is 22.0 Å². The van der Waals surface area contributed by atoms with E-state index < -0.39 is 5.60 Å². The molecule has 1 amide bonds. The minimum atomic E-state index is -0.650. The molecule has 0 radical (unpaired) electrons. The van der Waals surface area contributed by atoms with Crippen LogP contribution in [-0.4, -0.2) is 68.9 Å². The zero-order valence-corrected chi connectivity index (χ0v) is 16.2. The number of amides is 1. The number of likely N-dealkylation sites (tertiary alicyclic amines) is 1. The first-order valence-electron chi connectivity index (χ1n) is 9.34. The van der Waals surface area contributed by atoms with Gasteiger partial charge in [-0.2, -0.15) is 5.10 Å². The summed E-state index contributed by atoms with van der Waals surface area (Å²) in [5.74, 6) is 0.00510. The average Bonchev–Trinajstić information content (AvgIpc) is 3.04. The van der Waals surface area contributed by atoms with Gasteiger partial charge in [-0.15, -0.1) is 0 Å². The molecule has 140 valence electrons. The monoisotopic (exact) mass is 348 g/mol. The molecule has 2 aliphatic rings. The number of carbonyl (C=O) groups is 1. The molecule has 4 atom stereocenters. The van der Waals surface area contributed by atoms with E-state index in [9.17, 15) is 9.90 Å². The molecule has 1 aromatic heterocycles. The molecule has 1 saturated heterocycles. The molecule has 0 aromatic carbocycles. The number of aromatic nitrogens is 2. The van der Waals surface area contributed by atoms with Gasteiger partial charge in [-0.3, -0.25) is 14.4 Å². The van der Waals surface area contributed by atoms with Crippen LogP contribution in [0, 0.1) is 5.41 Å². The summed E-state index contributed by atoms with van der Waals surface area (Å²) in [6.45, 7) is 4.92. The van der Waals surface area contributed by atoms with Gasteiger partial charge in [0.25, 0.3) is 5.91 Å². The minimum absolute atomic E-state index is 0.00510. The first-order valence-corrected chi connectivity index (χ1v) is 9.34. The lowest BCUT2D eigenvalue weighted by molar-refractivity contribution is -0.0754. The fraction of sp³-hybridized carbons (Fsp3) is 0.789. The van der Waals surface area contributed by atoms with Crippen LogP contribution in [0.2, 0.25) is 0 Å². The zero-order valence-electron chi connectivity index (χ0n) is 16.2. The topological polar surface area (TPSA) is 61.6 Å². The summed E-state index contributed by atoms with van der Waals surface area (Å²) in [5, 5.41) is 15.2. The van der Waals surface area contributed by atoms with Crippen LogP contribution in [0.15, 0.2) is 12.4 Å². The second-order valence-corrected chi connectivity index (χ2v) is 8.56. The van der Waals surface area contributed by atoms with E-state index in [2.05, 4.69) is 24.0 Å². The standard InChI is InChI=1S/C19H32N4O2/c1-18-10-15(13-21(3)17(24)14-11-20-22(4)12-14)23(5)16(18)8-6-7-9-19(18,2)25/h11-12,15-16,25H,6-10,13H2,1-5H3/t15-,16-,18-,19+/m1/s1. The van der Waals surface area contributed by atoms with Crippen molar-refractivity contribution in [3.63, 3.8) is 0 Å². The number of carbonyl (C=O) groups excluding carboxylic acids is 1. The van der Waals surface area contributed by atoms with Crippen molar-refractivity contribution in [3.05, 3.63) is 18.0 Å². The summed E-state index contributed by atoms with van der Waals surface area (Å²) < 4.78 is 1.65. The molecule has 2 fully saturated rings. The van der Waals surface area contributed by atoms with E-state index in [-0.39, 0.29) is 17.4 Å². The van der Waals surface area contributed by atoms with Crippen LogP contribution in [-0.2, 0) is 7.05 Å². The van der Waals surface area contributed by atoms with Gasteiger partial charge in [0, 0.05) is 44.3 Å². The molecular weight excluding hydrogens is 316 g/mol. The molecule has 2 heterocycles. The SMILES string of the molecule is CN(C[C@H]1C[C@]2(C)[C@@H](CCCC[C@]2(C)O)N1C)C(=O)c1cnn(C)c1. The van der Waals surface area contributed by atoms with Gasteiger partial charge in [0.2, 0.25) is 0 Å². The zero-order chi connectivity index (χ0) is 18.4. The van der Waals surface area contributed by atoms with Gasteiger partial charge >= 0.3 is 0 Å². The number of fused-ring (bicyclic) bond motifs is 1. The molecule has 1 aliphatic heterocycles. The van der Waals surface area contributed by atoms with Crippen LogP contribution in [0.1, 0.15) is 56.3 Å². The van der Waals surface area contributed by atoms with E-state index in [0.29, 0.717) is 18.2 Å². The molecule has 3 rings (SSSR count). The predicted molar refractivity (Wildman–Crippen MR) is 97.3 cm³/mol. The number of likely N-dealkylation sites (N-methyl/N-ethyl adjacent to an activating group) is 2. The summed E-state index contributed by atoms with van der Waals surface area (Å²) in [4.78, 5) is 16.8. The Labute approximate surface area is 150 Å². The molecular formula is C19H32N4O2. The molecule has 0 spiro atoms. The van der Waals surface area contributed by atoms with E-state index in [1.165, 1.54) is 0 Å². The quantitative estimate of drug-likeness (QED) is 0.906. The molecule has 1 saturated carbocycles. The van der Waals surface area contributed by atoms with Gasteiger partial charge in [0.05, 0.1) is 17.4 Å². The smallest absolute Gasteiger partial charge is 0.256 e. The maximum atomic E-state index is 12.6. The maximum Gasteiger partial charge on any atom is 0.256 e. The van der Waals surface area contributed by atoms with Crippen LogP contribution in [0.25, 0.3) is 0 Å². The summed E-state index contributed by atoms with van der Waals surface area (Å²) in [6, 6.07) is 0.641. The van der Waals surface area contributed by atoms with Gasteiger partial charge in [-0.05, 0) is 33.2 Å². The Morgan fingerprint density at radius 3 is 2.76 bits per heavy atom. The first-order chi connectivity index (χ1) is 11.7. The Bertz CT molecular complexity index is 641. The Balaban J connectivity index is 1.74. The van der Waals surface area contributed by atoms with Crippen molar-refractivity contribution in [2.45, 2.75) is 63.6 Å². The van der Waals surface area contributed by atoms with Crippen LogP contribution < -0.4 is 0 Å². The van der Waals surface area contributed by atoms with Crippen molar-refractivity contribution in [1.82, 2.24) is 19.6 Å². The molecule has 1 aliphatic carbocycles. The van der Waals surface area contributed by atoms with Crippen molar-refractivity contribution < 1.29 is 9.90 Å². The third-order valence-corrected chi connectivity index (χ3v) is 6.87. The minimum Gasteiger partial charge on any atom is -0.390 e. The molecule has 0 unspecified atom stereocenters. The molecule has 6 heteroatoms. The molecule has 0 bridgehead atoms. The average molecular weight is 348 g/mol. The maximum absolute atomic E-state index is 12.6. The third-order valence-electron chi connectivity index (χ3n) is 6.87. The van der Waals surface area contributed by atoms with Crippen LogP contribution in [0.4, 0.5) is 0 Å². The van der Waals surface area contributed by atoms with Gasteiger partial charge < -0.3 is 10.0 Å². The van der Waals surface area contributed by atoms with E-state index >= 15 is 0 Å². The van der Waals surface area contributed by atoms with E-state index in [4.69, 9.17) is 0 Å². The molecule has 6 nitrogen and oxygen atoms in total. The number of hydrogen-bond acceptors (Lipinski definition) is 4. The van der Waals surface area contributed by atoms with E-state index in [1.807, 2.05) is 21.0 Å². The molecule has 1 aromatic rings. The lowest BCUT2D eigenvalue weighted by Gasteiger charge is -2.43. The highest BCUT2D eigenvalue weighted by molar-refractivity contribution is 5.93. The summed E-state index contributed by atoms with van der Waals surface area (Å²) in [7, 11) is 5.83. The Kier molecular flexibility index (Phi) is 4.71. The lowest BCUT2D eigenvalue weighted by atomic mass is 9.67. The number of hydrogen-bond donors (Lipinski definition) is 1. The predicted octanol–water partition coefficient (Wildman–Crippen LogP) is 1.90. The fourth-order valence-electron chi connectivity index (χ4n) is 5.01. The normalized spacial score (nSPS) is 36.1. The number of rotatable bonds is 3. The van der Waals surface area contributed by atoms with E-state index in [0.717, 1.165) is 32.1 Å². The van der Waals surface area contributed by atoms with Crippen molar-refractivity contribution in [2.75, 3.05) is 20.6 Å². The molecule has 1 N–H and O–H groups in total. The number of nitrogens with zero attached hydrogens (tertiary/aromatic N) is 4. The second-order valence-electron chi connectivity index (χ2n) is 8.56. The summed E-state index contributed by atoms with van der Waals surface area (Å²) in [6.07, 6.45) is 8.55. The molecule has 25 heavy (non-hydrogen) atoms. The summed E-state index contributed by atoms with van der Waals surface area (Å²) >= 11 is 0.